The number of imide groups is 1. The van der Waals surface area contributed by atoms with Crippen LogP contribution >= 0.6 is 0 Å². The summed E-state index contributed by atoms with van der Waals surface area (Å²) in [4.78, 5) is 22.2. The summed E-state index contributed by atoms with van der Waals surface area (Å²) in [5.74, 6) is 0. The molecule has 0 aliphatic carbocycles. The highest BCUT2D eigenvalue weighted by Gasteiger charge is 2.23. The molecule has 0 aromatic carbocycles. The number of nitrogens with zero attached hydrogens (tertiary/aromatic N) is 1. The van der Waals surface area contributed by atoms with E-state index in [1.165, 1.54) is 64.2 Å². The van der Waals surface area contributed by atoms with E-state index < -0.39 is 18.8 Å². The first kappa shape index (κ1) is 24.1. The maximum absolute atomic E-state index is 10.7. The highest BCUT2D eigenvalue weighted by atomic mass is 16.3. The summed E-state index contributed by atoms with van der Waals surface area (Å²) in [6.07, 6.45) is 16.7. The smallest absolute Gasteiger partial charge is 0.216 e. The number of amides is 2. The van der Waals surface area contributed by atoms with Gasteiger partial charge in [-0.1, -0.05) is 90.4 Å². The summed E-state index contributed by atoms with van der Waals surface area (Å²) < 4.78 is 0. The van der Waals surface area contributed by atoms with Crippen molar-refractivity contribution in [1.29, 1.82) is 0 Å². The van der Waals surface area contributed by atoms with E-state index in [0.717, 1.165) is 24.2 Å². The normalized spacial score (nSPS) is 13.4. The van der Waals surface area contributed by atoms with Gasteiger partial charge in [-0.2, -0.15) is 0 Å². The van der Waals surface area contributed by atoms with Crippen LogP contribution in [0.3, 0.4) is 0 Å². The van der Waals surface area contributed by atoms with Gasteiger partial charge in [0.2, 0.25) is 12.8 Å². The number of carbonyl (C=O) groups excluding carboxylic acids is 2. The number of unbranched alkanes of at least 4 members (excludes halogenated alkanes) is 12. The van der Waals surface area contributed by atoms with E-state index in [1.54, 1.807) is 0 Å². The lowest BCUT2D eigenvalue weighted by molar-refractivity contribution is -0.136. The number of aliphatic hydroxyl groups excluding tert-OH is 2. The molecular weight excluding hydrogens is 318 g/mol. The zero-order valence-corrected chi connectivity index (χ0v) is 16.1. The maximum atomic E-state index is 10.7. The van der Waals surface area contributed by atoms with Crippen molar-refractivity contribution in [3.05, 3.63) is 0 Å². The summed E-state index contributed by atoms with van der Waals surface area (Å²) in [5.41, 5.74) is 0. The van der Waals surface area contributed by atoms with Gasteiger partial charge in [0, 0.05) is 0 Å². The predicted octanol–water partition coefficient (Wildman–Crippen LogP) is 3.80. The Morgan fingerprint density at radius 2 is 1.16 bits per heavy atom. The van der Waals surface area contributed by atoms with E-state index in [9.17, 15) is 19.8 Å². The molecule has 5 nitrogen and oxygen atoms in total. The molecule has 0 spiro atoms. The quantitative estimate of drug-likeness (QED) is 0.272. The summed E-state index contributed by atoms with van der Waals surface area (Å²) in [6, 6.07) is -0.827. The lowest BCUT2D eigenvalue weighted by Gasteiger charge is -2.26. The van der Waals surface area contributed by atoms with Crippen LogP contribution in [0.1, 0.15) is 96.8 Å². The molecule has 0 radical (unpaired) electrons. The molecule has 148 valence electrons. The highest BCUT2D eigenvalue weighted by Crippen LogP contribution is 2.14. The molecule has 2 atom stereocenters. The van der Waals surface area contributed by atoms with Gasteiger partial charge in [0.1, 0.15) is 0 Å². The third kappa shape index (κ3) is 13.0. The number of carbonyl (C=O) groups is 2. The molecule has 0 aromatic heterocycles. The first-order chi connectivity index (χ1) is 12.2. The summed E-state index contributed by atoms with van der Waals surface area (Å²) in [5, 5.41) is 19.2. The van der Waals surface area contributed by atoms with Crippen LogP contribution in [0.4, 0.5) is 0 Å². The number of aliphatic hydroxyl groups is 2. The fourth-order valence-corrected chi connectivity index (χ4v) is 3.16. The minimum Gasteiger partial charge on any atom is -0.394 e. The summed E-state index contributed by atoms with van der Waals surface area (Å²) in [7, 11) is 0. The van der Waals surface area contributed by atoms with Crippen molar-refractivity contribution in [3.63, 3.8) is 0 Å². The van der Waals surface area contributed by atoms with Crippen LogP contribution in [0.2, 0.25) is 0 Å². The van der Waals surface area contributed by atoms with Gasteiger partial charge in [0.05, 0.1) is 18.8 Å². The Morgan fingerprint density at radius 1 is 0.760 bits per heavy atom. The molecule has 0 aromatic rings. The zero-order chi connectivity index (χ0) is 18.8. The van der Waals surface area contributed by atoms with E-state index in [0.29, 0.717) is 19.2 Å². The van der Waals surface area contributed by atoms with Gasteiger partial charge < -0.3 is 10.2 Å². The number of rotatable bonds is 19. The van der Waals surface area contributed by atoms with Gasteiger partial charge in [-0.3, -0.25) is 14.5 Å². The first-order valence-electron chi connectivity index (χ1n) is 10.2. The van der Waals surface area contributed by atoms with E-state index in [2.05, 4.69) is 6.92 Å². The third-order valence-corrected chi connectivity index (χ3v) is 4.86. The fraction of sp³-hybridized carbons (Fsp3) is 0.900. The van der Waals surface area contributed by atoms with Crippen LogP contribution < -0.4 is 0 Å². The van der Waals surface area contributed by atoms with Crippen LogP contribution in [0.25, 0.3) is 0 Å². The molecule has 0 heterocycles. The van der Waals surface area contributed by atoms with Crippen molar-refractivity contribution in [1.82, 2.24) is 4.90 Å². The van der Waals surface area contributed by atoms with E-state index in [1.807, 2.05) is 0 Å². The van der Waals surface area contributed by atoms with Gasteiger partial charge in [0.15, 0.2) is 0 Å². The van der Waals surface area contributed by atoms with Crippen LogP contribution in [0, 0.1) is 0 Å². The van der Waals surface area contributed by atoms with Crippen LogP contribution in [-0.4, -0.2) is 46.7 Å². The van der Waals surface area contributed by atoms with Crippen molar-refractivity contribution in [2.24, 2.45) is 0 Å². The zero-order valence-electron chi connectivity index (χ0n) is 16.1. The Hall–Kier alpha value is -0.940. The molecule has 0 aliphatic rings. The molecule has 0 unspecified atom stereocenters. The largest absolute Gasteiger partial charge is 0.394 e. The Bertz CT molecular complexity index is 304. The molecule has 2 N–H and O–H groups in total. The Balaban J connectivity index is 3.48. The lowest BCUT2D eigenvalue weighted by Crippen LogP contribution is -2.44. The molecular formula is C20H39NO4. The van der Waals surface area contributed by atoms with Gasteiger partial charge in [-0.15, -0.1) is 0 Å². The minimum atomic E-state index is -0.854. The van der Waals surface area contributed by atoms with E-state index in [-0.39, 0.29) is 0 Å². The van der Waals surface area contributed by atoms with Crippen molar-refractivity contribution in [2.75, 3.05) is 6.61 Å². The SMILES string of the molecule is CCCCCCCCCCCCCCC[C@@H](O)[C@H](CO)N(C=O)C=O. The van der Waals surface area contributed by atoms with Crippen LogP contribution in [-0.2, 0) is 9.59 Å². The second-order valence-corrected chi connectivity index (χ2v) is 7.01. The molecule has 5 heteroatoms. The summed E-state index contributed by atoms with van der Waals surface area (Å²) in [6.45, 7) is 1.84. The average Bonchev–Trinajstić information content (AvgIpc) is 2.63. The predicted molar refractivity (Wildman–Crippen MR) is 101 cm³/mol. The lowest BCUT2D eigenvalue weighted by atomic mass is 10.0. The monoisotopic (exact) mass is 357 g/mol. The van der Waals surface area contributed by atoms with Gasteiger partial charge >= 0.3 is 0 Å². The maximum Gasteiger partial charge on any atom is 0.216 e. The van der Waals surface area contributed by atoms with Crippen molar-refractivity contribution >= 4 is 12.8 Å². The topological polar surface area (TPSA) is 77.8 Å². The molecule has 0 bridgehead atoms. The Morgan fingerprint density at radius 3 is 1.52 bits per heavy atom. The molecule has 25 heavy (non-hydrogen) atoms. The van der Waals surface area contributed by atoms with E-state index >= 15 is 0 Å². The third-order valence-electron chi connectivity index (χ3n) is 4.86. The second-order valence-electron chi connectivity index (χ2n) is 7.01. The Labute approximate surface area is 153 Å². The van der Waals surface area contributed by atoms with Gasteiger partial charge in [0.25, 0.3) is 0 Å². The molecule has 0 saturated carbocycles. The number of hydrogen-bond donors (Lipinski definition) is 2. The standard InChI is InChI=1S/C20H39NO4/c1-2-3-4-5-6-7-8-9-10-11-12-13-14-15-20(25)19(16-22)21(17-23)18-24/h17-20,22,25H,2-16H2,1H3/t19-,20+/m0/s1. The highest BCUT2D eigenvalue weighted by molar-refractivity contribution is 5.69. The van der Waals surface area contributed by atoms with Crippen molar-refractivity contribution in [2.45, 2.75) is 109 Å². The minimum absolute atomic E-state index is 0.348. The fourth-order valence-electron chi connectivity index (χ4n) is 3.16. The number of hydrogen-bond acceptors (Lipinski definition) is 4. The van der Waals surface area contributed by atoms with Crippen molar-refractivity contribution < 1.29 is 19.8 Å². The van der Waals surface area contributed by atoms with Crippen LogP contribution in [0.15, 0.2) is 0 Å². The molecule has 2 amide bonds. The average molecular weight is 358 g/mol. The Kier molecular flexibility index (Phi) is 17.2. The second kappa shape index (κ2) is 17.9. The molecule has 0 saturated heterocycles. The first-order valence-corrected chi connectivity index (χ1v) is 10.2. The molecule has 0 aliphatic heterocycles. The van der Waals surface area contributed by atoms with Crippen molar-refractivity contribution in [3.8, 4) is 0 Å². The van der Waals surface area contributed by atoms with E-state index in [4.69, 9.17) is 0 Å². The van der Waals surface area contributed by atoms with Gasteiger partial charge in [-0.05, 0) is 6.42 Å². The molecule has 0 fully saturated rings. The van der Waals surface area contributed by atoms with Crippen LogP contribution in [0.5, 0.6) is 0 Å². The molecule has 0 rings (SSSR count). The van der Waals surface area contributed by atoms with Gasteiger partial charge in [-0.25, -0.2) is 0 Å². The summed E-state index contributed by atoms with van der Waals surface area (Å²) >= 11 is 0.